The third kappa shape index (κ3) is 6.26. The maximum Gasteiger partial charge on any atom is 0.251 e. The molecule has 0 aliphatic carbocycles. The molecule has 1 fully saturated rings. The van der Waals surface area contributed by atoms with Crippen molar-refractivity contribution < 1.29 is 9.53 Å². The molecule has 1 aliphatic heterocycles. The van der Waals surface area contributed by atoms with Gasteiger partial charge in [0.05, 0.1) is 28.4 Å². The molecule has 3 aromatic carbocycles. The fraction of sp³-hybridized carbons (Fsp3) is 0.250. The molecule has 10 heteroatoms. The lowest BCUT2D eigenvalue weighted by molar-refractivity contribution is -0.119. The summed E-state index contributed by atoms with van der Waals surface area (Å²) < 4.78 is 7.30. The molecule has 3 heterocycles. The molecular formula is C36H35Cl2N5O3. The first kappa shape index (κ1) is 31.8. The van der Waals surface area contributed by atoms with Gasteiger partial charge in [-0.1, -0.05) is 77.8 Å². The van der Waals surface area contributed by atoms with Crippen molar-refractivity contribution in [3.63, 3.8) is 0 Å². The highest BCUT2D eigenvalue weighted by Gasteiger charge is 2.21. The zero-order valence-corrected chi connectivity index (χ0v) is 27.4. The first-order valence-corrected chi connectivity index (χ1v) is 15.9. The van der Waals surface area contributed by atoms with E-state index in [0.29, 0.717) is 47.7 Å². The Kier molecular flexibility index (Phi) is 9.42. The van der Waals surface area contributed by atoms with E-state index in [-0.39, 0.29) is 17.5 Å². The topological polar surface area (TPSA) is 97.3 Å². The normalized spacial score (nSPS) is 14.5. The number of hydrogen-bond donors (Lipinski definition) is 3. The average molecular weight is 657 g/mol. The van der Waals surface area contributed by atoms with E-state index >= 15 is 0 Å². The number of ether oxygens (including phenoxy) is 1. The number of rotatable bonds is 10. The number of halogens is 2. The fourth-order valence-electron chi connectivity index (χ4n) is 6.07. The number of carbonyl (C=O) groups excluding carboxylic acids is 1. The van der Waals surface area contributed by atoms with Crippen molar-refractivity contribution in [2.24, 2.45) is 7.05 Å². The molecule has 0 saturated carbocycles. The van der Waals surface area contributed by atoms with Crippen molar-refractivity contribution in [3.05, 3.63) is 104 Å². The van der Waals surface area contributed by atoms with Gasteiger partial charge in [-0.2, -0.15) is 0 Å². The molecule has 6 rings (SSSR count). The molecule has 3 N–H and O–H groups in total. The minimum absolute atomic E-state index is 0.0630. The Bertz CT molecular complexity index is 2010. The molecule has 0 radical (unpaired) electrons. The van der Waals surface area contributed by atoms with Gasteiger partial charge in [0, 0.05) is 78.4 Å². The maximum absolute atomic E-state index is 12.7. The molecule has 5 aromatic rings. The Morgan fingerprint density at radius 1 is 0.913 bits per heavy atom. The van der Waals surface area contributed by atoms with Crippen molar-refractivity contribution >= 4 is 40.0 Å². The molecule has 8 nitrogen and oxygen atoms in total. The van der Waals surface area contributed by atoms with E-state index < -0.39 is 0 Å². The highest BCUT2D eigenvalue weighted by molar-refractivity contribution is 6.39. The van der Waals surface area contributed by atoms with Crippen LogP contribution in [0.5, 0.6) is 5.88 Å². The van der Waals surface area contributed by atoms with Gasteiger partial charge >= 0.3 is 0 Å². The Labute approximate surface area is 277 Å². The zero-order valence-electron chi connectivity index (χ0n) is 25.9. The van der Waals surface area contributed by atoms with Crippen LogP contribution in [-0.2, 0) is 24.9 Å². The van der Waals surface area contributed by atoms with Gasteiger partial charge in [-0.05, 0) is 36.7 Å². The summed E-state index contributed by atoms with van der Waals surface area (Å²) in [5, 5.41) is 11.6. The number of benzene rings is 3. The number of aryl methyl sites for hydroxylation is 1. The van der Waals surface area contributed by atoms with Gasteiger partial charge in [0.1, 0.15) is 0 Å². The quantitative estimate of drug-likeness (QED) is 0.163. The number of carbonyl (C=O) groups is 1. The predicted molar refractivity (Wildman–Crippen MR) is 185 cm³/mol. The standard InChI is InChI=1S/C36H35Cl2N5O3/c1-39-18-23-17-33(45)43(2)31-16-21(10-13-25(23)31)26-6-4-7-27(34(26)37)28-8-5-9-29(35(28)38)30-14-11-22(36(42-30)46-3)19-40-20-24-12-15-32(44)41-24/h4-11,13-14,16-17,24,39-40H,12,15,18-20H2,1-3H3,(H,41,44). The molecule has 1 unspecified atom stereocenters. The smallest absolute Gasteiger partial charge is 0.251 e. The van der Waals surface area contributed by atoms with E-state index in [2.05, 4.69) is 16.0 Å². The Balaban J connectivity index is 1.31. The third-order valence-corrected chi connectivity index (χ3v) is 9.31. The second kappa shape index (κ2) is 13.6. The minimum Gasteiger partial charge on any atom is -0.481 e. The number of hydrogen-bond acceptors (Lipinski definition) is 6. The summed E-state index contributed by atoms with van der Waals surface area (Å²) in [4.78, 5) is 29.0. The van der Waals surface area contributed by atoms with Crippen LogP contribution in [0.1, 0.15) is 24.0 Å². The molecule has 1 aliphatic rings. The fourth-order valence-corrected chi connectivity index (χ4v) is 6.73. The van der Waals surface area contributed by atoms with Crippen molar-refractivity contribution in [1.82, 2.24) is 25.5 Å². The number of nitrogens with zero attached hydrogens (tertiary/aromatic N) is 2. The predicted octanol–water partition coefficient (Wildman–Crippen LogP) is 6.34. The maximum atomic E-state index is 12.7. The van der Waals surface area contributed by atoms with Crippen molar-refractivity contribution in [1.29, 1.82) is 0 Å². The van der Waals surface area contributed by atoms with Crippen LogP contribution in [0.25, 0.3) is 44.4 Å². The summed E-state index contributed by atoms with van der Waals surface area (Å²) in [7, 11) is 5.25. The summed E-state index contributed by atoms with van der Waals surface area (Å²) in [6, 6.07) is 23.5. The van der Waals surface area contributed by atoms with E-state index in [9.17, 15) is 9.59 Å². The Hall–Kier alpha value is -4.21. The van der Waals surface area contributed by atoms with Crippen LogP contribution < -0.4 is 26.2 Å². The molecule has 1 amide bonds. The largest absolute Gasteiger partial charge is 0.481 e. The first-order chi connectivity index (χ1) is 22.3. The molecular weight excluding hydrogens is 621 g/mol. The van der Waals surface area contributed by atoms with Gasteiger partial charge in [0.25, 0.3) is 5.56 Å². The van der Waals surface area contributed by atoms with E-state index in [0.717, 1.165) is 56.3 Å². The number of methoxy groups -OCH3 is 1. The lowest BCUT2D eigenvalue weighted by atomic mass is 9.95. The SMILES string of the molecule is CNCc1cc(=O)n(C)c2cc(-c3cccc(-c4cccc(-c5ccc(CNCC6CCC(=O)N6)c(OC)n5)c4Cl)c3Cl)ccc12. The number of pyridine rings is 2. The van der Waals surface area contributed by atoms with Crippen molar-refractivity contribution in [2.75, 3.05) is 20.7 Å². The summed E-state index contributed by atoms with van der Waals surface area (Å²) in [5.74, 6) is 0.605. The minimum atomic E-state index is -0.0630. The summed E-state index contributed by atoms with van der Waals surface area (Å²) >= 11 is 14.2. The number of fused-ring (bicyclic) bond motifs is 1. The molecule has 46 heavy (non-hydrogen) atoms. The second-order valence-corrected chi connectivity index (χ2v) is 12.2. The molecule has 2 aromatic heterocycles. The summed E-state index contributed by atoms with van der Waals surface area (Å²) in [5.41, 5.74) is 7.36. The van der Waals surface area contributed by atoms with E-state index in [4.69, 9.17) is 32.9 Å². The number of nitrogens with one attached hydrogen (secondary N) is 3. The zero-order chi connectivity index (χ0) is 32.4. The van der Waals surface area contributed by atoms with Crippen LogP contribution in [0, 0.1) is 0 Å². The monoisotopic (exact) mass is 655 g/mol. The molecule has 236 valence electrons. The van der Waals surface area contributed by atoms with Crippen LogP contribution in [0.3, 0.4) is 0 Å². The lowest BCUT2D eigenvalue weighted by Gasteiger charge is -2.16. The first-order valence-electron chi connectivity index (χ1n) is 15.2. The van der Waals surface area contributed by atoms with Gasteiger partial charge in [0.2, 0.25) is 11.8 Å². The Morgan fingerprint density at radius 3 is 2.33 bits per heavy atom. The molecule has 1 saturated heterocycles. The highest BCUT2D eigenvalue weighted by Crippen LogP contribution is 2.42. The second-order valence-electron chi connectivity index (χ2n) is 11.5. The van der Waals surface area contributed by atoms with E-state index in [1.807, 2.05) is 73.8 Å². The van der Waals surface area contributed by atoms with Crippen molar-refractivity contribution in [2.45, 2.75) is 32.0 Å². The third-order valence-electron chi connectivity index (χ3n) is 8.50. The molecule has 1 atom stereocenters. The van der Waals surface area contributed by atoms with Gasteiger partial charge in [-0.3, -0.25) is 9.59 Å². The van der Waals surface area contributed by atoms with Gasteiger partial charge in [0.15, 0.2) is 0 Å². The number of aromatic nitrogens is 2. The van der Waals surface area contributed by atoms with Gasteiger partial charge in [-0.25, -0.2) is 4.98 Å². The highest BCUT2D eigenvalue weighted by atomic mass is 35.5. The van der Waals surface area contributed by atoms with Crippen molar-refractivity contribution in [3.8, 4) is 39.4 Å². The van der Waals surface area contributed by atoms with Crippen LogP contribution in [0.15, 0.2) is 77.6 Å². The summed E-state index contributed by atoms with van der Waals surface area (Å²) in [6.07, 6.45) is 1.41. The molecule has 0 spiro atoms. The number of amides is 1. The van der Waals surface area contributed by atoms with E-state index in [1.165, 1.54) is 0 Å². The average Bonchev–Trinajstić information content (AvgIpc) is 3.48. The summed E-state index contributed by atoms with van der Waals surface area (Å²) in [6.45, 7) is 1.83. The molecule has 0 bridgehead atoms. The lowest BCUT2D eigenvalue weighted by Crippen LogP contribution is -2.35. The Morgan fingerprint density at radius 2 is 1.63 bits per heavy atom. The van der Waals surface area contributed by atoms with Crippen LogP contribution >= 0.6 is 23.2 Å². The van der Waals surface area contributed by atoms with Crippen LogP contribution in [-0.4, -0.2) is 42.2 Å². The van der Waals surface area contributed by atoms with Crippen LogP contribution in [0.4, 0.5) is 0 Å². The van der Waals surface area contributed by atoms with Gasteiger partial charge in [-0.15, -0.1) is 0 Å². The van der Waals surface area contributed by atoms with E-state index in [1.54, 1.807) is 24.8 Å². The van der Waals surface area contributed by atoms with Gasteiger partial charge < -0.3 is 25.3 Å². The van der Waals surface area contributed by atoms with Crippen LogP contribution in [0.2, 0.25) is 10.0 Å².